The maximum absolute atomic E-state index is 12.2. The number of nitrogens with one attached hydrogen (secondary N) is 1. The number of hydrogen-bond donors (Lipinski definition) is 1. The third kappa shape index (κ3) is 4.51. The highest BCUT2D eigenvalue weighted by molar-refractivity contribution is 7.92. The Bertz CT molecular complexity index is 1060. The molecule has 0 radical (unpaired) electrons. The fraction of sp³-hybridized carbons (Fsp3) is 0.0526. The van der Waals surface area contributed by atoms with Gasteiger partial charge in [0.2, 0.25) is 10.0 Å². The lowest BCUT2D eigenvalue weighted by Gasteiger charge is -2.04. The second kappa shape index (κ2) is 6.86. The SMILES string of the molecule is CS(=O)(=O)Nc1ccc(C(=O)/C=C\c2ccc3ncccc3c2)cc1. The Labute approximate surface area is 146 Å². The van der Waals surface area contributed by atoms with Crippen molar-refractivity contribution < 1.29 is 13.2 Å². The Morgan fingerprint density at radius 2 is 1.84 bits per heavy atom. The van der Waals surface area contributed by atoms with Crippen molar-refractivity contribution in [3.05, 3.63) is 78.0 Å². The summed E-state index contributed by atoms with van der Waals surface area (Å²) in [6.07, 6.45) is 6.06. The second-order valence-corrected chi connectivity index (χ2v) is 7.35. The Balaban J connectivity index is 1.75. The molecule has 0 unspecified atom stereocenters. The van der Waals surface area contributed by atoms with Gasteiger partial charge in [-0.15, -0.1) is 0 Å². The summed E-state index contributed by atoms with van der Waals surface area (Å²) in [6, 6.07) is 15.9. The summed E-state index contributed by atoms with van der Waals surface area (Å²) in [5.74, 6) is -0.155. The molecule has 3 aromatic rings. The van der Waals surface area contributed by atoms with E-state index in [1.807, 2.05) is 30.3 Å². The zero-order valence-corrected chi connectivity index (χ0v) is 14.3. The molecule has 6 heteroatoms. The van der Waals surface area contributed by atoms with Crippen LogP contribution in [0.15, 0.2) is 66.9 Å². The lowest BCUT2D eigenvalue weighted by molar-refractivity contribution is 0.104. The molecule has 0 bridgehead atoms. The monoisotopic (exact) mass is 352 g/mol. The van der Waals surface area contributed by atoms with Gasteiger partial charge in [0.15, 0.2) is 5.78 Å². The van der Waals surface area contributed by atoms with Crippen LogP contribution in [-0.2, 0) is 10.0 Å². The lowest BCUT2D eigenvalue weighted by Crippen LogP contribution is -2.09. The number of anilines is 1. The van der Waals surface area contributed by atoms with Gasteiger partial charge in [0.1, 0.15) is 0 Å². The molecule has 0 amide bonds. The van der Waals surface area contributed by atoms with E-state index in [2.05, 4.69) is 9.71 Å². The first kappa shape index (κ1) is 16.9. The highest BCUT2D eigenvalue weighted by Crippen LogP contribution is 2.16. The van der Waals surface area contributed by atoms with E-state index < -0.39 is 10.0 Å². The van der Waals surface area contributed by atoms with E-state index in [-0.39, 0.29) is 5.78 Å². The fourth-order valence-corrected chi connectivity index (χ4v) is 2.95. The van der Waals surface area contributed by atoms with E-state index in [1.54, 1.807) is 36.5 Å². The standard InChI is InChI=1S/C19H16N2O3S/c1-25(23,24)21-17-8-6-15(7-9-17)19(22)11-5-14-4-10-18-16(13-14)3-2-12-20-18/h2-13,21H,1H3/b11-5-. The van der Waals surface area contributed by atoms with Gasteiger partial charge < -0.3 is 0 Å². The molecule has 0 atom stereocenters. The highest BCUT2D eigenvalue weighted by atomic mass is 32.2. The molecule has 5 nitrogen and oxygen atoms in total. The number of nitrogens with zero attached hydrogens (tertiary/aromatic N) is 1. The Kier molecular flexibility index (Phi) is 4.63. The number of ketones is 1. The van der Waals surface area contributed by atoms with Gasteiger partial charge in [0.25, 0.3) is 0 Å². The minimum absolute atomic E-state index is 0.155. The third-order valence-electron chi connectivity index (χ3n) is 3.53. The molecule has 0 fully saturated rings. The maximum Gasteiger partial charge on any atom is 0.229 e. The van der Waals surface area contributed by atoms with Gasteiger partial charge in [-0.2, -0.15) is 0 Å². The average Bonchev–Trinajstić information content (AvgIpc) is 2.59. The van der Waals surface area contributed by atoms with Gasteiger partial charge in [-0.3, -0.25) is 14.5 Å². The Morgan fingerprint density at radius 1 is 1.08 bits per heavy atom. The van der Waals surface area contributed by atoms with Crippen molar-refractivity contribution in [2.24, 2.45) is 0 Å². The summed E-state index contributed by atoms with van der Waals surface area (Å²) < 4.78 is 24.7. The van der Waals surface area contributed by atoms with Crippen molar-refractivity contribution >= 4 is 38.5 Å². The van der Waals surface area contributed by atoms with Crippen LogP contribution in [0.1, 0.15) is 15.9 Å². The summed E-state index contributed by atoms with van der Waals surface area (Å²) in [5.41, 5.74) is 2.71. The van der Waals surface area contributed by atoms with Gasteiger partial charge in [-0.25, -0.2) is 8.42 Å². The quantitative estimate of drug-likeness (QED) is 0.563. The van der Waals surface area contributed by atoms with Crippen LogP contribution in [0, 0.1) is 0 Å². The molecule has 0 saturated carbocycles. The minimum atomic E-state index is -3.33. The van der Waals surface area contributed by atoms with E-state index in [9.17, 15) is 13.2 Å². The van der Waals surface area contributed by atoms with Crippen LogP contribution in [0.2, 0.25) is 0 Å². The molecule has 0 saturated heterocycles. The van der Waals surface area contributed by atoms with Crippen molar-refractivity contribution in [1.82, 2.24) is 4.98 Å². The number of rotatable bonds is 5. The minimum Gasteiger partial charge on any atom is -0.289 e. The first-order valence-corrected chi connectivity index (χ1v) is 9.45. The highest BCUT2D eigenvalue weighted by Gasteiger charge is 2.05. The molecule has 0 aliphatic rings. The number of sulfonamides is 1. The molecular formula is C19H16N2O3S. The molecule has 1 aromatic heterocycles. The largest absolute Gasteiger partial charge is 0.289 e. The fourth-order valence-electron chi connectivity index (χ4n) is 2.38. The summed E-state index contributed by atoms with van der Waals surface area (Å²) in [7, 11) is -3.33. The zero-order valence-electron chi connectivity index (χ0n) is 13.5. The van der Waals surface area contributed by atoms with Crippen molar-refractivity contribution in [3.8, 4) is 0 Å². The number of carbonyl (C=O) groups is 1. The van der Waals surface area contributed by atoms with Crippen molar-refractivity contribution in [2.75, 3.05) is 11.0 Å². The number of hydrogen-bond acceptors (Lipinski definition) is 4. The number of benzene rings is 2. The summed E-state index contributed by atoms with van der Waals surface area (Å²) in [4.78, 5) is 16.5. The van der Waals surface area contributed by atoms with E-state index in [4.69, 9.17) is 0 Å². The van der Waals surface area contributed by atoms with Crippen LogP contribution in [0.25, 0.3) is 17.0 Å². The zero-order chi connectivity index (χ0) is 17.9. The first-order valence-electron chi connectivity index (χ1n) is 7.56. The third-order valence-corrected chi connectivity index (χ3v) is 4.13. The molecule has 126 valence electrons. The van der Waals surface area contributed by atoms with Gasteiger partial charge >= 0.3 is 0 Å². The molecule has 0 aliphatic carbocycles. The average molecular weight is 352 g/mol. The number of fused-ring (bicyclic) bond motifs is 1. The second-order valence-electron chi connectivity index (χ2n) is 5.60. The van der Waals surface area contributed by atoms with E-state index >= 15 is 0 Å². The van der Waals surface area contributed by atoms with Crippen LogP contribution in [0.4, 0.5) is 5.69 Å². The number of carbonyl (C=O) groups excluding carboxylic acids is 1. The van der Waals surface area contributed by atoms with E-state index in [0.717, 1.165) is 22.7 Å². The predicted octanol–water partition coefficient (Wildman–Crippen LogP) is 3.50. The number of pyridine rings is 1. The normalized spacial score (nSPS) is 11.7. The molecule has 1 N–H and O–H groups in total. The Morgan fingerprint density at radius 3 is 2.56 bits per heavy atom. The maximum atomic E-state index is 12.2. The summed E-state index contributed by atoms with van der Waals surface area (Å²) >= 11 is 0. The van der Waals surface area contributed by atoms with Gasteiger partial charge in [0.05, 0.1) is 11.8 Å². The lowest BCUT2D eigenvalue weighted by atomic mass is 10.1. The Hall–Kier alpha value is -2.99. The topological polar surface area (TPSA) is 76.1 Å². The van der Waals surface area contributed by atoms with Crippen LogP contribution >= 0.6 is 0 Å². The number of aromatic nitrogens is 1. The van der Waals surface area contributed by atoms with Gasteiger partial charge in [-0.05, 0) is 54.1 Å². The van der Waals surface area contributed by atoms with E-state index in [1.165, 1.54) is 6.08 Å². The molecule has 1 heterocycles. The van der Waals surface area contributed by atoms with Crippen LogP contribution in [0.5, 0.6) is 0 Å². The summed E-state index contributed by atoms with van der Waals surface area (Å²) in [5, 5.41) is 1.01. The van der Waals surface area contributed by atoms with Crippen LogP contribution < -0.4 is 4.72 Å². The van der Waals surface area contributed by atoms with Crippen molar-refractivity contribution in [3.63, 3.8) is 0 Å². The summed E-state index contributed by atoms with van der Waals surface area (Å²) in [6.45, 7) is 0. The molecule has 0 spiro atoms. The molecule has 3 rings (SSSR count). The molecule has 25 heavy (non-hydrogen) atoms. The smallest absolute Gasteiger partial charge is 0.229 e. The number of allylic oxidation sites excluding steroid dienone is 1. The van der Waals surface area contributed by atoms with Crippen molar-refractivity contribution in [2.45, 2.75) is 0 Å². The molecular weight excluding hydrogens is 336 g/mol. The van der Waals surface area contributed by atoms with Crippen LogP contribution in [-0.4, -0.2) is 25.4 Å². The van der Waals surface area contributed by atoms with Crippen molar-refractivity contribution in [1.29, 1.82) is 0 Å². The van der Waals surface area contributed by atoms with Gasteiger partial charge in [-0.1, -0.05) is 18.2 Å². The molecule has 2 aromatic carbocycles. The van der Waals surface area contributed by atoms with Crippen LogP contribution in [0.3, 0.4) is 0 Å². The van der Waals surface area contributed by atoms with Gasteiger partial charge in [0, 0.05) is 22.8 Å². The predicted molar refractivity (Wildman–Crippen MR) is 100 cm³/mol. The molecule has 0 aliphatic heterocycles. The van der Waals surface area contributed by atoms with E-state index in [0.29, 0.717) is 11.3 Å². The first-order chi connectivity index (χ1) is 11.9.